The van der Waals surface area contributed by atoms with Crippen LogP contribution in [0.5, 0.6) is 0 Å². The fraction of sp³-hybridized carbons (Fsp3) is 0.564. The molecule has 0 fully saturated rings. The molecule has 36 nitrogen and oxygen atoms in total. The predicted octanol–water partition coefficient (Wildman–Crippen LogP) is -10.9. The maximum Gasteiger partial charge on any atom is 0.305 e. The Hall–Kier alpha value is -9.09. The van der Waals surface area contributed by atoms with Crippen molar-refractivity contribution in [2.24, 2.45) is 17.2 Å². The summed E-state index contributed by atoms with van der Waals surface area (Å²) < 4.78 is 0. The van der Waals surface area contributed by atoms with Crippen LogP contribution < -0.4 is 65.1 Å². The van der Waals surface area contributed by atoms with Crippen molar-refractivity contribution in [2.75, 3.05) is 13.2 Å². The molecule has 0 aliphatic carbocycles. The smallest absolute Gasteiger partial charge is 0.305 e. The van der Waals surface area contributed by atoms with Crippen molar-refractivity contribution in [3.05, 3.63) is 0 Å². The van der Waals surface area contributed by atoms with Crippen molar-refractivity contribution in [3.63, 3.8) is 0 Å². The number of carboxylic acids is 5. The molecule has 36 heteroatoms. The SMILES string of the molecule is CC(=O)N[C@H](CO)C(=O)N[C@H](CCC(=O)O)C(=O)N[C@H](CC(=O)O)C(=O)N[C@H](CC(N)=O)C(=O)N[C@H](CO)C(=O)N[C@H](CC(=O)O)C(=O)N[C@H](CCC(=O)O)C(=O)N[C@H](CCC(=O)O)C(=O)N[C@H](CC(N)=O)C(N)=O. The van der Waals surface area contributed by atoms with Crippen LogP contribution in [0.4, 0.5) is 0 Å². The zero-order chi connectivity index (χ0) is 57.9. The van der Waals surface area contributed by atoms with E-state index in [0.717, 1.165) is 6.92 Å². The summed E-state index contributed by atoms with van der Waals surface area (Å²) in [6.45, 7) is -1.47. The van der Waals surface area contributed by atoms with Gasteiger partial charge in [0.1, 0.15) is 54.4 Å². The van der Waals surface area contributed by atoms with Gasteiger partial charge in [-0.05, 0) is 19.3 Å². The highest BCUT2D eigenvalue weighted by Gasteiger charge is 2.37. The predicted molar refractivity (Wildman–Crippen MR) is 239 cm³/mol. The minimum Gasteiger partial charge on any atom is -0.481 e. The van der Waals surface area contributed by atoms with Crippen LogP contribution in [0.2, 0.25) is 0 Å². The van der Waals surface area contributed by atoms with Gasteiger partial charge < -0.3 is 101 Å². The van der Waals surface area contributed by atoms with Crippen LogP contribution in [-0.2, 0) is 81.5 Å². The van der Waals surface area contributed by atoms with Crippen LogP contribution >= 0.6 is 0 Å². The lowest BCUT2D eigenvalue weighted by molar-refractivity contribution is -0.143. The number of carbonyl (C=O) groups excluding carboxylic acids is 12. The van der Waals surface area contributed by atoms with Gasteiger partial charge in [0.15, 0.2) is 0 Å². The minimum absolute atomic E-state index is 0.723. The number of aliphatic carboxylic acids is 5. The molecular weight excluding hydrogens is 1020 g/mol. The topological polar surface area (TPSA) is 618 Å². The van der Waals surface area contributed by atoms with Crippen LogP contribution in [0.25, 0.3) is 0 Å². The largest absolute Gasteiger partial charge is 0.481 e. The first-order chi connectivity index (χ1) is 34.8. The van der Waals surface area contributed by atoms with Gasteiger partial charge in [-0.25, -0.2) is 0 Å². The number of amides is 12. The maximum absolute atomic E-state index is 13.5. The van der Waals surface area contributed by atoms with Gasteiger partial charge in [0.05, 0.1) is 38.9 Å². The summed E-state index contributed by atoms with van der Waals surface area (Å²) in [4.78, 5) is 211. The van der Waals surface area contributed by atoms with Crippen LogP contribution in [-0.4, -0.2) is 204 Å². The molecule has 0 unspecified atom stereocenters. The first-order valence-corrected chi connectivity index (χ1v) is 21.7. The maximum atomic E-state index is 13.5. The lowest BCUT2D eigenvalue weighted by atomic mass is 10.1. The van der Waals surface area contributed by atoms with E-state index < -0.39 is 233 Å². The summed E-state index contributed by atoms with van der Waals surface area (Å²) >= 11 is 0. The molecule has 0 aromatic rings. The average molecular weight is 1080 g/mol. The van der Waals surface area contributed by atoms with E-state index in [1.54, 1.807) is 0 Å². The Morgan fingerprint density at radius 1 is 0.320 bits per heavy atom. The second-order valence-electron chi connectivity index (χ2n) is 15.8. The van der Waals surface area contributed by atoms with Crippen molar-refractivity contribution >= 4 is 101 Å². The number of hydrogen-bond donors (Lipinski definition) is 19. The highest BCUT2D eigenvalue weighted by molar-refractivity contribution is 6.01. The second-order valence-corrected chi connectivity index (χ2v) is 15.8. The van der Waals surface area contributed by atoms with Gasteiger partial charge in [0.2, 0.25) is 70.9 Å². The molecular formula is C39H58N12O24. The molecule has 9 atom stereocenters. The summed E-state index contributed by atoms with van der Waals surface area (Å²) in [7, 11) is 0. The monoisotopic (exact) mass is 1080 g/mol. The van der Waals surface area contributed by atoms with E-state index in [1.165, 1.54) is 0 Å². The lowest BCUT2D eigenvalue weighted by Crippen LogP contribution is -2.61. The average Bonchev–Trinajstić information content (AvgIpc) is 3.28. The third-order valence-corrected chi connectivity index (χ3v) is 9.66. The van der Waals surface area contributed by atoms with E-state index in [0.29, 0.717) is 0 Å². The molecule has 12 amide bonds. The van der Waals surface area contributed by atoms with Crippen LogP contribution in [0.3, 0.4) is 0 Å². The number of carbonyl (C=O) groups is 17. The summed E-state index contributed by atoms with van der Waals surface area (Å²) in [5, 5.41) is 83.7. The number of nitrogens with one attached hydrogen (secondary N) is 9. The summed E-state index contributed by atoms with van der Waals surface area (Å²) in [5.74, 6) is -24.6. The molecule has 22 N–H and O–H groups in total. The molecule has 0 radical (unpaired) electrons. The Kier molecular flexibility index (Phi) is 28.8. The zero-order valence-electron chi connectivity index (χ0n) is 39.5. The van der Waals surface area contributed by atoms with Gasteiger partial charge in [-0.15, -0.1) is 0 Å². The normalized spacial score (nSPS) is 14.2. The molecule has 0 rings (SSSR count). The van der Waals surface area contributed by atoms with Crippen molar-refractivity contribution in [3.8, 4) is 0 Å². The van der Waals surface area contributed by atoms with Gasteiger partial charge in [0, 0.05) is 26.2 Å². The van der Waals surface area contributed by atoms with Crippen molar-refractivity contribution in [1.82, 2.24) is 47.9 Å². The molecule has 0 saturated carbocycles. The summed E-state index contributed by atoms with van der Waals surface area (Å²) in [5.41, 5.74) is 15.4. The molecule has 0 heterocycles. The number of aliphatic hydroxyl groups is 2. The van der Waals surface area contributed by atoms with Gasteiger partial charge in [-0.2, -0.15) is 0 Å². The fourth-order valence-electron chi connectivity index (χ4n) is 6.02. The molecule has 0 aromatic carbocycles. The van der Waals surface area contributed by atoms with Crippen molar-refractivity contribution < 1.29 is 117 Å². The molecule has 0 aliphatic rings. The first kappa shape index (κ1) is 65.9. The standard InChI is InChI=1S/C39H58N12O24/c1-14(54)43-22(12-52)38(74)46-17(4-7-28(61)62)34(70)49-21(11-30(65)66)37(73)48-19(9-25(41)56)35(71)51-23(13-53)39(75)50-20(10-29(63)64)36(72)45-15(2-5-26(57)58)32(68)44-16(3-6-27(59)60)33(69)47-18(31(42)67)8-24(40)55/h15-23,52-53H,2-13H2,1H3,(H2,40,55)(H2,41,56)(H2,42,67)(H,43,54)(H,44,68)(H,45,72)(H,46,74)(H,47,69)(H,48,73)(H,49,70)(H,50,75)(H,51,71)(H,57,58)(H,59,60)(H,61,62)(H,63,64)(H,65,66)/t15-,16-,17-,18-,19-,20-,21-,22-,23-/m1/s1. The Morgan fingerprint density at radius 2 is 0.547 bits per heavy atom. The number of nitrogens with two attached hydrogens (primary N) is 3. The Morgan fingerprint density at radius 3 is 0.800 bits per heavy atom. The minimum atomic E-state index is -2.29. The molecule has 0 bridgehead atoms. The third kappa shape index (κ3) is 26.8. The number of rotatable bonds is 37. The van der Waals surface area contributed by atoms with Gasteiger partial charge >= 0.3 is 29.8 Å². The molecule has 0 spiro atoms. The number of hydrogen-bond acceptors (Lipinski definition) is 19. The van der Waals surface area contributed by atoms with E-state index in [-0.39, 0.29) is 0 Å². The molecule has 0 saturated heterocycles. The first-order valence-electron chi connectivity index (χ1n) is 21.7. The second kappa shape index (κ2) is 32.8. The fourth-order valence-corrected chi connectivity index (χ4v) is 6.02. The van der Waals surface area contributed by atoms with E-state index in [4.69, 9.17) is 22.3 Å². The third-order valence-electron chi connectivity index (χ3n) is 9.66. The van der Waals surface area contributed by atoms with Crippen molar-refractivity contribution in [2.45, 2.75) is 126 Å². The summed E-state index contributed by atoms with van der Waals surface area (Å²) in [6.07, 6.45) is -9.58. The molecule has 0 aromatic heterocycles. The van der Waals surface area contributed by atoms with E-state index in [1.807, 2.05) is 47.9 Å². The Balaban J connectivity index is 6.66. The Bertz CT molecular complexity index is 2210. The van der Waals surface area contributed by atoms with Crippen LogP contribution in [0.1, 0.15) is 71.1 Å². The summed E-state index contributed by atoms with van der Waals surface area (Å²) in [6, 6.07) is -18.3. The highest BCUT2D eigenvalue weighted by Crippen LogP contribution is 2.08. The molecule has 0 aliphatic heterocycles. The zero-order valence-corrected chi connectivity index (χ0v) is 39.5. The van der Waals surface area contributed by atoms with E-state index in [9.17, 15) is 112 Å². The quantitative estimate of drug-likeness (QED) is 0.0275. The molecule has 418 valence electrons. The van der Waals surface area contributed by atoms with Gasteiger partial charge in [-0.1, -0.05) is 0 Å². The van der Waals surface area contributed by atoms with Crippen molar-refractivity contribution in [1.29, 1.82) is 0 Å². The van der Waals surface area contributed by atoms with E-state index in [2.05, 4.69) is 0 Å². The van der Waals surface area contributed by atoms with E-state index >= 15 is 0 Å². The van der Waals surface area contributed by atoms with Crippen LogP contribution in [0, 0.1) is 0 Å². The highest BCUT2D eigenvalue weighted by atomic mass is 16.4. The molecule has 75 heavy (non-hydrogen) atoms. The number of carboxylic acid groups (broad SMARTS) is 5. The Labute approximate surface area is 421 Å². The van der Waals surface area contributed by atoms with Gasteiger partial charge in [-0.3, -0.25) is 81.5 Å². The van der Waals surface area contributed by atoms with Gasteiger partial charge in [0.25, 0.3) is 0 Å². The van der Waals surface area contributed by atoms with Crippen LogP contribution in [0.15, 0.2) is 0 Å². The number of aliphatic hydroxyl groups excluding tert-OH is 2. The number of primary amides is 3. The lowest BCUT2D eigenvalue weighted by Gasteiger charge is -2.27.